The Morgan fingerprint density at radius 3 is 2.61 bits per heavy atom. The minimum absolute atomic E-state index is 0.123. The van der Waals surface area contributed by atoms with Gasteiger partial charge in [-0.3, -0.25) is 0 Å². The normalized spacial score (nSPS) is 11.9. The Balaban J connectivity index is 2.46. The molecule has 2 amide bonds. The zero-order valence-electron chi connectivity index (χ0n) is 10.9. The van der Waals surface area contributed by atoms with Gasteiger partial charge in [0.05, 0.1) is 0 Å². The van der Waals surface area contributed by atoms with E-state index in [2.05, 4.69) is 10.6 Å². The van der Waals surface area contributed by atoms with Crippen LogP contribution < -0.4 is 10.6 Å². The molecule has 1 rings (SSSR count). The molecule has 0 aliphatic rings. The standard InChI is InChI=1S/C14H22N2O2/c1-2-9-15-14(18)16-11-13(8-10-17)12-6-4-3-5-7-12/h3-7,13,17H,2,8-11H2,1H3,(H2,15,16,18). The number of hydrogen-bond donors (Lipinski definition) is 3. The van der Waals surface area contributed by atoms with Crippen molar-refractivity contribution < 1.29 is 9.90 Å². The highest BCUT2D eigenvalue weighted by Gasteiger charge is 2.11. The number of urea groups is 1. The molecular formula is C14H22N2O2. The number of amides is 2. The predicted molar refractivity (Wildman–Crippen MR) is 72.6 cm³/mol. The van der Waals surface area contributed by atoms with Crippen molar-refractivity contribution >= 4 is 6.03 Å². The van der Waals surface area contributed by atoms with E-state index in [1.807, 2.05) is 37.3 Å². The van der Waals surface area contributed by atoms with Gasteiger partial charge in [-0.2, -0.15) is 0 Å². The van der Waals surface area contributed by atoms with E-state index in [1.165, 1.54) is 0 Å². The lowest BCUT2D eigenvalue weighted by atomic mass is 9.96. The molecule has 0 aromatic heterocycles. The highest BCUT2D eigenvalue weighted by molar-refractivity contribution is 5.73. The molecule has 0 saturated heterocycles. The van der Waals surface area contributed by atoms with Crippen molar-refractivity contribution in [2.24, 2.45) is 0 Å². The van der Waals surface area contributed by atoms with Gasteiger partial charge in [-0.15, -0.1) is 0 Å². The number of aliphatic hydroxyl groups is 1. The van der Waals surface area contributed by atoms with Crippen LogP contribution in [-0.4, -0.2) is 30.8 Å². The summed E-state index contributed by atoms with van der Waals surface area (Å²) in [6, 6.07) is 9.79. The molecule has 4 nitrogen and oxygen atoms in total. The van der Waals surface area contributed by atoms with Crippen LogP contribution in [0.5, 0.6) is 0 Å². The third kappa shape index (κ3) is 5.19. The van der Waals surface area contributed by atoms with Gasteiger partial charge in [-0.1, -0.05) is 37.3 Å². The van der Waals surface area contributed by atoms with Crippen molar-refractivity contribution in [2.75, 3.05) is 19.7 Å². The summed E-state index contributed by atoms with van der Waals surface area (Å²) in [4.78, 5) is 11.5. The van der Waals surface area contributed by atoms with Crippen LogP contribution in [0, 0.1) is 0 Å². The van der Waals surface area contributed by atoms with E-state index in [9.17, 15) is 4.79 Å². The smallest absolute Gasteiger partial charge is 0.314 e. The van der Waals surface area contributed by atoms with Crippen molar-refractivity contribution in [2.45, 2.75) is 25.7 Å². The van der Waals surface area contributed by atoms with Crippen LogP contribution in [0.1, 0.15) is 31.2 Å². The van der Waals surface area contributed by atoms with Gasteiger partial charge in [-0.25, -0.2) is 4.79 Å². The van der Waals surface area contributed by atoms with Gasteiger partial charge in [0.25, 0.3) is 0 Å². The molecule has 3 N–H and O–H groups in total. The van der Waals surface area contributed by atoms with Crippen LogP contribution in [0.15, 0.2) is 30.3 Å². The summed E-state index contributed by atoms with van der Waals surface area (Å²) in [6.07, 6.45) is 1.57. The second kappa shape index (κ2) is 8.53. The van der Waals surface area contributed by atoms with E-state index in [1.54, 1.807) is 0 Å². The van der Waals surface area contributed by atoms with Crippen molar-refractivity contribution in [3.63, 3.8) is 0 Å². The van der Waals surface area contributed by atoms with Gasteiger partial charge in [0.1, 0.15) is 0 Å². The van der Waals surface area contributed by atoms with Gasteiger partial charge >= 0.3 is 6.03 Å². The highest BCUT2D eigenvalue weighted by Crippen LogP contribution is 2.17. The van der Waals surface area contributed by atoms with Gasteiger partial charge < -0.3 is 15.7 Å². The van der Waals surface area contributed by atoms with E-state index < -0.39 is 0 Å². The summed E-state index contributed by atoms with van der Waals surface area (Å²) >= 11 is 0. The van der Waals surface area contributed by atoms with Crippen LogP contribution in [0.25, 0.3) is 0 Å². The molecule has 1 aromatic carbocycles. The average Bonchev–Trinajstić information content (AvgIpc) is 2.42. The number of carbonyl (C=O) groups excluding carboxylic acids is 1. The lowest BCUT2D eigenvalue weighted by Crippen LogP contribution is -2.38. The molecule has 0 aliphatic heterocycles. The van der Waals surface area contributed by atoms with E-state index in [4.69, 9.17) is 5.11 Å². The van der Waals surface area contributed by atoms with E-state index in [0.717, 1.165) is 12.0 Å². The van der Waals surface area contributed by atoms with Gasteiger partial charge in [0, 0.05) is 25.6 Å². The van der Waals surface area contributed by atoms with Crippen LogP contribution in [-0.2, 0) is 0 Å². The van der Waals surface area contributed by atoms with E-state index in [-0.39, 0.29) is 18.6 Å². The molecular weight excluding hydrogens is 228 g/mol. The van der Waals surface area contributed by atoms with Crippen molar-refractivity contribution in [3.8, 4) is 0 Å². The molecule has 1 aromatic rings. The van der Waals surface area contributed by atoms with Gasteiger partial charge in [-0.05, 0) is 18.4 Å². The molecule has 1 unspecified atom stereocenters. The number of benzene rings is 1. The largest absolute Gasteiger partial charge is 0.396 e. The van der Waals surface area contributed by atoms with Gasteiger partial charge in [0.15, 0.2) is 0 Å². The SMILES string of the molecule is CCCNC(=O)NCC(CCO)c1ccccc1. The van der Waals surface area contributed by atoms with Crippen LogP contribution in [0.4, 0.5) is 4.79 Å². The summed E-state index contributed by atoms with van der Waals surface area (Å²) in [7, 11) is 0. The number of carbonyl (C=O) groups is 1. The zero-order chi connectivity index (χ0) is 13.2. The molecule has 0 aliphatic carbocycles. The number of rotatable bonds is 7. The first-order valence-corrected chi connectivity index (χ1v) is 6.45. The third-order valence-electron chi connectivity index (χ3n) is 2.79. The second-order valence-electron chi connectivity index (χ2n) is 4.26. The minimum Gasteiger partial charge on any atom is -0.396 e. The average molecular weight is 250 g/mol. The Labute approximate surface area is 108 Å². The topological polar surface area (TPSA) is 61.4 Å². The predicted octanol–water partition coefficient (Wildman–Crippen LogP) is 1.86. The maximum atomic E-state index is 11.5. The summed E-state index contributed by atoms with van der Waals surface area (Å²) in [5.74, 6) is 0.156. The molecule has 18 heavy (non-hydrogen) atoms. The first-order chi connectivity index (χ1) is 8.77. The lowest BCUT2D eigenvalue weighted by molar-refractivity contribution is 0.237. The minimum atomic E-state index is -0.143. The summed E-state index contributed by atoms with van der Waals surface area (Å²) in [5, 5.41) is 14.7. The van der Waals surface area contributed by atoms with Crippen molar-refractivity contribution in [3.05, 3.63) is 35.9 Å². The zero-order valence-corrected chi connectivity index (χ0v) is 10.9. The van der Waals surface area contributed by atoms with Crippen LogP contribution >= 0.6 is 0 Å². The Bertz CT molecular complexity index is 341. The molecule has 0 spiro atoms. The second-order valence-corrected chi connectivity index (χ2v) is 4.26. The quantitative estimate of drug-likeness (QED) is 0.691. The third-order valence-corrected chi connectivity index (χ3v) is 2.79. The first-order valence-electron chi connectivity index (χ1n) is 6.45. The van der Waals surface area contributed by atoms with Crippen molar-refractivity contribution in [1.82, 2.24) is 10.6 Å². The molecule has 0 saturated carbocycles. The maximum Gasteiger partial charge on any atom is 0.314 e. The number of nitrogens with one attached hydrogen (secondary N) is 2. The Kier molecular flexibility index (Phi) is 6.87. The van der Waals surface area contributed by atoms with Crippen LogP contribution in [0.2, 0.25) is 0 Å². The first kappa shape index (κ1) is 14.5. The molecule has 0 fully saturated rings. The Morgan fingerprint density at radius 2 is 2.00 bits per heavy atom. The van der Waals surface area contributed by atoms with Gasteiger partial charge in [0.2, 0.25) is 0 Å². The molecule has 0 bridgehead atoms. The fraction of sp³-hybridized carbons (Fsp3) is 0.500. The Morgan fingerprint density at radius 1 is 1.28 bits per heavy atom. The fourth-order valence-corrected chi connectivity index (χ4v) is 1.78. The molecule has 4 heteroatoms. The molecule has 0 radical (unpaired) electrons. The fourth-order valence-electron chi connectivity index (χ4n) is 1.78. The van der Waals surface area contributed by atoms with E-state index >= 15 is 0 Å². The number of aliphatic hydroxyl groups excluding tert-OH is 1. The van der Waals surface area contributed by atoms with Crippen LogP contribution in [0.3, 0.4) is 0 Å². The summed E-state index contributed by atoms with van der Waals surface area (Å²) in [5.41, 5.74) is 1.14. The van der Waals surface area contributed by atoms with E-state index in [0.29, 0.717) is 19.5 Å². The molecule has 0 heterocycles. The lowest BCUT2D eigenvalue weighted by Gasteiger charge is -2.17. The summed E-state index contributed by atoms with van der Waals surface area (Å²) < 4.78 is 0. The van der Waals surface area contributed by atoms with Crippen molar-refractivity contribution in [1.29, 1.82) is 0 Å². The molecule has 100 valence electrons. The monoisotopic (exact) mass is 250 g/mol. The highest BCUT2D eigenvalue weighted by atomic mass is 16.3. The Hall–Kier alpha value is -1.55. The molecule has 1 atom stereocenters. The summed E-state index contributed by atoms with van der Waals surface area (Å²) in [6.45, 7) is 3.36. The maximum absolute atomic E-state index is 11.5. The number of hydrogen-bond acceptors (Lipinski definition) is 2.